The third-order valence-corrected chi connectivity index (χ3v) is 4.65. The maximum Gasteiger partial charge on any atom is 0.303 e. The molecule has 1 aromatic rings. The van der Waals surface area contributed by atoms with Gasteiger partial charge >= 0.3 is 5.97 Å². The normalized spacial score (nSPS) is 16.2. The number of carbonyl (C=O) groups excluding carboxylic acids is 1. The standard InChI is InChI=1S/C19H27NO3/c21-18(12-10-15-6-4-5-7-15)20-17(11-13-19(22)23)14-16-8-2-1-3-9-16/h1-3,8-9,15,17H,4-7,10-14H2,(H,20,21)(H,22,23). The van der Waals surface area contributed by atoms with Crippen molar-refractivity contribution in [2.75, 3.05) is 0 Å². The van der Waals surface area contributed by atoms with Crippen molar-refractivity contribution in [2.45, 2.75) is 63.8 Å². The van der Waals surface area contributed by atoms with Gasteiger partial charge in [-0.3, -0.25) is 9.59 Å². The maximum atomic E-state index is 12.2. The minimum Gasteiger partial charge on any atom is -0.481 e. The predicted molar refractivity (Wildman–Crippen MR) is 90.1 cm³/mol. The number of hydrogen-bond acceptors (Lipinski definition) is 2. The van der Waals surface area contributed by atoms with Crippen molar-refractivity contribution in [1.82, 2.24) is 5.32 Å². The van der Waals surface area contributed by atoms with E-state index in [1.165, 1.54) is 25.7 Å². The van der Waals surface area contributed by atoms with Crippen LogP contribution in [-0.2, 0) is 16.0 Å². The fourth-order valence-corrected chi connectivity index (χ4v) is 3.36. The molecule has 0 bridgehead atoms. The van der Waals surface area contributed by atoms with Crippen molar-refractivity contribution in [3.8, 4) is 0 Å². The van der Waals surface area contributed by atoms with Crippen LogP contribution in [0.1, 0.15) is 56.9 Å². The maximum absolute atomic E-state index is 12.2. The van der Waals surface area contributed by atoms with Crippen LogP contribution in [-0.4, -0.2) is 23.0 Å². The zero-order valence-corrected chi connectivity index (χ0v) is 13.7. The lowest BCUT2D eigenvalue weighted by Crippen LogP contribution is -2.37. The second-order valence-corrected chi connectivity index (χ2v) is 6.58. The van der Waals surface area contributed by atoms with Crippen molar-refractivity contribution in [2.24, 2.45) is 5.92 Å². The summed E-state index contributed by atoms with van der Waals surface area (Å²) >= 11 is 0. The van der Waals surface area contributed by atoms with Gasteiger partial charge in [0.1, 0.15) is 0 Å². The van der Waals surface area contributed by atoms with Crippen molar-refractivity contribution in [1.29, 1.82) is 0 Å². The van der Waals surface area contributed by atoms with Crippen LogP contribution in [0.25, 0.3) is 0 Å². The van der Waals surface area contributed by atoms with Gasteiger partial charge in [0.2, 0.25) is 5.91 Å². The van der Waals surface area contributed by atoms with E-state index in [9.17, 15) is 9.59 Å². The second kappa shape index (κ2) is 9.33. The molecule has 1 saturated carbocycles. The molecule has 0 saturated heterocycles. The summed E-state index contributed by atoms with van der Waals surface area (Å²) in [7, 11) is 0. The van der Waals surface area contributed by atoms with E-state index in [0.717, 1.165) is 12.0 Å². The molecule has 0 aromatic heterocycles. The predicted octanol–water partition coefficient (Wildman–Crippen LogP) is 3.55. The molecule has 4 heteroatoms. The van der Waals surface area contributed by atoms with E-state index in [0.29, 0.717) is 25.2 Å². The van der Waals surface area contributed by atoms with Crippen molar-refractivity contribution < 1.29 is 14.7 Å². The van der Waals surface area contributed by atoms with E-state index in [1.807, 2.05) is 30.3 Å². The first-order valence-corrected chi connectivity index (χ1v) is 8.68. The van der Waals surface area contributed by atoms with Gasteiger partial charge in [0.25, 0.3) is 0 Å². The van der Waals surface area contributed by atoms with Gasteiger partial charge in [0.05, 0.1) is 0 Å². The minimum absolute atomic E-state index is 0.0585. The Morgan fingerprint density at radius 3 is 2.48 bits per heavy atom. The SMILES string of the molecule is O=C(O)CCC(Cc1ccccc1)NC(=O)CCC1CCCC1. The van der Waals surface area contributed by atoms with Gasteiger partial charge < -0.3 is 10.4 Å². The molecule has 1 amide bonds. The van der Waals surface area contributed by atoms with Crippen LogP contribution in [0.4, 0.5) is 0 Å². The van der Waals surface area contributed by atoms with Gasteiger partial charge in [-0.25, -0.2) is 0 Å². The van der Waals surface area contributed by atoms with Crippen LogP contribution < -0.4 is 5.32 Å². The molecule has 1 aliphatic carbocycles. The second-order valence-electron chi connectivity index (χ2n) is 6.58. The molecular weight excluding hydrogens is 290 g/mol. The molecule has 0 heterocycles. The van der Waals surface area contributed by atoms with E-state index in [4.69, 9.17) is 5.11 Å². The molecular formula is C19H27NO3. The first kappa shape index (κ1) is 17.5. The Kier molecular flexibility index (Phi) is 7.11. The van der Waals surface area contributed by atoms with E-state index in [-0.39, 0.29) is 18.4 Å². The minimum atomic E-state index is -0.816. The summed E-state index contributed by atoms with van der Waals surface area (Å²) in [5.41, 5.74) is 1.12. The molecule has 23 heavy (non-hydrogen) atoms. The number of benzene rings is 1. The number of hydrogen-bond donors (Lipinski definition) is 2. The molecule has 1 aliphatic rings. The van der Waals surface area contributed by atoms with E-state index < -0.39 is 5.97 Å². The van der Waals surface area contributed by atoms with Gasteiger partial charge in [0.15, 0.2) is 0 Å². The number of aliphatic carboxylic acids is 1. The summed E-state index contributed by atoms with van der Waals surface area (Å²) in [5.74, 6) is -0.0566. The Hall–Kier alpha value is -1.84. The van der Waals surface area contributed by atoms with Crippen LogP contribution >= 0.6 is 0 Å². The summed E-state index contributed by atoms with van der Waals surface area (Å²) in [5, 5.41) is 11.9. The molecule has 4 nitrogen and oxygen atoms in total. The smallest absolute Gasteiger partial charge is 0.303 e. The molecule has 2 rings (SSSR count). The van der Waals surface area contributed by atoms with E-state index >= 15 is 0 Å². The number of carbonyl (C=O) groups is 2. The Morgan fingerprint density at radius 2 is 1.83 bits per heavy atom. The van der Waals surface area contributed by atoms with Crippen molar-refractivity contribution >= 4 is 11.9 Å². The van der Waals surface area contributed by atoms with Crippen LogP contribution in [0.3, 0.4) is 0 Å². The molecule has 126 valence electrons. The summed E-state index contributed by atoms with van der Waals surface area (Å²) in [6.45, 7) is 0. The molecule has 0 spiro atoms. The summed E-state index contributed by atoms with van der Waals surface area (Å²) in [4.78, 5) is 23.0. The zero-order chi connectivity index (χ0) is 16.5. The molecule has 1 fully saturated rings. The zero-order valence-electron chi connectivity index (χ0n) is 13.7. The summed E-state index contributed by atoms with van der Waals surface area (Å²) in [6.07, 6.45) is 7.84. The molecule has 0 radical (unpaired) electrons. The fourth-order valence-electron chi connectivity index (χ4n) is 3.36. The van der Waals surface area contributed by atoms with E-state index in [1.54, 1.807) is 0 Å². The highest BCUT2D eigenvalue weighted by molar-refractivity contribution is 5.76. The summed E-state index contributed by atoms with van der Waals surface area (Å²) in [6, 6.07) is 9.80. The van der Waals surface area contributed by atoms with Gasteiger partial charge in [-0.15, -0.1) is 0 Å². The molecule has 1 atom stereocenters. The number of carboxylic acids is 1. The average molecular weight is 317 g/mol. The molecule has 1 unspecified atom stereocenters. The first-order valence-electron chi connectivity index (χ1n) is 8.68. The lowest BCUT2D eigenvalue weighted by molar-refractivity contribution is -0.137. The van der Waals surface area contributed by atoms with Crippen molar-refractivity contribution in [3.05, 3.63) is 35.9 Å². The number of amides is 1. The largest absolute Gasteiger partial charge is 0.481 e. The Bertz CT molecular complexity index is 495. The van der Waals surface area contributed by atoms with Crippen LogP contribution in [0.15, 0.2) is 30.3 Å². The van der Waals surface area contributed by atoms with Gasteiger partial charge in [-0.2, -0.15) is 0 Å². The van der Waals surface area contributed by atoms with Crippen LogP contribution in [0.2, 0.25) is 0 Å². The highest BCUT2D eigenvalue weighted by Crippen LogP contribution is 2.28. The molecule has 0 aliphatic heterocycles. The van der Waals surface area contributed by atoms with Crippen LogP contribution in [0.5, 0.6) is 0 Å². The number of nitrogens with one attached hydrogen (secondary N) is 1. The van der Waals surface area contributed by atoms with Gasteiger partial charge in [0, 0.05) is 18.9 Å². The highest BCUT2D eigenvalue weighted by atomic mass is 16.4. The average Bonchev–Trinajstić information content (AvgIpc) is 3.05. The van der Waals surface area contributed by atoms with Gasteiger partial charge in [-0.05, 0) is 30.7 Å². The van der Waals surface area contributed by atoms with Crippen molar-refractivity contribution in [3.63, 3.8) is 0 Å². The quantitative estimate of drug-likeness (QED) is 0.732. The third kappa shape index (κ3) is 6.85. The number of carboxylic acid groups (broad SMARTS) is 1. The lowest BCUT2D eigenvalue weighted by atomic mass is 9.99. The number of rotatable bonds is 9. The Labute approximate surface area is 138 Å². The topological polar surface area (TPSA) is 66.4 Å². The first-order chi connectivity index (χ1) is 11.1. The lowest BCUT2D eigenvalue weighted by Gasteiger charge is -2.19. The van der Waals surface area contributed by atoms with Crippen LogP contribution in [0, 0.1) is 5.92 Å². The summed E-state index contributed by atoms with van der Waals surface area (Å²) < 4.78 is 0. The molecule has 2 N–H and O–H groups in total. The highest BCUT2D eigenvalue weighted by Gasteiger charge is 2.18. The molecule has 1 aromatic carbocycles. The Balaban J connectivity index is 1.82. The van der Waals surface area contributed by atoms with Gasteiger partial charge in [-0.1, -0.05) is 56.0 Å². The Morgan fingerprint density at radius 1 is 1.13 bits per heavy atom. The van der Waals surface area contributed by atoms with E-state index in [2.05, 4.69) is 5.32 Å². The third-order valence-electron chi connectivity index (χ3n) is 4.65. The fraction of sp³-hybridized carbons (Fsp3) is 0.579. The monoisotopic (exact) mass is 317 g/mol.